The maximum Gasteiger partial charge on any atom is 0.0798 e. The predicted molar refractivity (Wildman–Crippen MR) is 193 cm³/mol. The molecule has 5 heteroatoms. The fourth-order valence-electron chi connectivity index (χ4n) is 5.92. The van der Waals surface area contributed by atoms with Crippen LogP contribution >= 0.6 is 0 Å². The summed E-state index contributed by atoms with van der Waals surface area (Å²) < 4.78 is 2.33. The van der Waals surface area contributed by atoms with E-state index in [2.05, 4.69) is 134 Å². The van der Waals surface area contributed by atoms with E-state index >= 15 is 0 Å². The summed E-state index contributed by atoms with van der Waals surface area (Å²) >= 11 is 0. The zero-order valence-electron chi connectivity index (χ0n) is 27.1. The minimum absolute atomic E-state index is 0. The van der Waals surface area contributed by atoms with Gasteiger partial charge in [0.1, 0.15) is 0 Å². The summed E-state index contributed by atoms with van der Waals surface area (Å²) in [5.41, 5.74) is 9.09. The molecule has 0 aliphatic heterocycles. The van der Waals surface area contributed by atoms with E-state index < -0.39 is 8.07 Å². The third-order valence-corrected chi connectivity index (χ3v) is 10.1. The van der Waals surface area contributed by atoms with E-state index in [1.807, 2.05) is 42.5 Å². The van der Waals surface area contributed by atoms with Gasteiger partial charge in [-0.1, -0.05) is 93.6 Å². The van der Waals surface area contributed by atoms with Gasteiger partial charge in [0.15, 0.2) is 0 Å². The van der Waals surface area contributed by atoms with Crippen molar-refractivity contribution in [1.82, 2.24) is 14.5 Å². The van der Waals surface area contributed by atoms with E-state index in [0.717, 1.165) is 34.6 Å². The fraction of sp³-hybridized carbons (Fsp3) is 0.171. The molecular formula is C41H39IrN3Si-2. The molecule has 0 unspecified atom stereocenters. The van der Waals surface area contributed by atoms with Gasteiger partial charge in [0.05, 0.1) is 8.07 Å². The van der Waals surface area contributed by atoms with Crippen LogP contribution in [0.3, 0.4) is 0 Å². The first kappa shape index (κ1) is 33.2. The average molecular weight is 794 g/mol. The number of nitrogens with zero attached hydrogens (tertiary/aromatic N) is 3. The van der Waals surface area contributed by atoms with Gasteiger partial charge in [-0.25, -0.2) is 0 Å². The molecule has 0 aliphatic carbocycles. The number of pyridine rings is 2. The van der Waals surface area contributed by atoms with E-state index in [1.165, 1.54) is 32.6 Å². The summed E-state index contributed by atoms with van der Waals surface area (Å²) in [6.07, 6.45) is 5.01. The van der Waals surface area contributed by atoms with Crippen LogP contribution in [0, 0.1) is 18.1 Å². The summed E-state index contributed by atoms with van der Waals surface area (Å²) in [5, 5.41) is 4.03. The molecule has 3 aromatic heterocycles. The van der Waals surface area contributed by atoms with Gasteiger partial charge in [0.2, 0.25) is 0 Å². The number of rotatable bonds is 6. The van der Waals surface area contributed by atoms with Crippen LogP contribution in [0.4, 0.5) is 0 Å². The molecule has 1 radical (unpaired) electrons. The first-order valence-electron chi connectivity index (χ1n) is 15.7. The predicted octanol–water partition coefficient (Wildman–Crippen LogP) is 9.94. The second kappa shape index (κ2) is 14.5. The van der Waals surface area contributed by atoms with Crippen LogP contribution < -0.4 is 5.19 Å². The Morgan fingerprint density at radius 1 is 0.696 bits per heavy atom. The molecule has 0 aliphatic rings. The van der Waals surface area contributed by atoms with Gasteiger partial charge >= 0.3 is 0 Å². The third kappa shape index (κ3) is 7.29. The molecule has 4 aromatic carbocycles. The molecule has 0 saturated heterocycles. The van der Waals surface area contributed by atoms with Crippen molar-refractivity contribution in [1.29, 1.82) is 0 Å². The van der Waals surface area contributed by atoms with Gasteiger partial charge in [0, 0.05) is 54.3 Å². The molecule has 0 N–H and O–H groups in total. The Kier molecular flexibility index (Phi) is 10.5. The molecule has 3 nitrogen and oxygen atoms in total. The first-order chi connectivity index (χ1) is 21.8. The van der Waals surface area contributed by atoms with Crippen molar-refractivity contribution in [3.05, 3.63) is 145 Å². The molecule has 0 amide bonds. The molecule has 7 aromatic rings. The van der Waals surface area contributed by atoms with Crippen molar-refractivity contribution in [2.24, 2.45) is 5.92 Å². The first-order valence-corrected chi connectivity index (χ1v) is 19.2. The molecule has 233 valence electrons. The van der Waals surface area contributed by atoms with Crippen LogP contribution in [0.5, 0.6) is 0 Å². The molecule has 0 fully saturated rings. The van der Waals surface area contributed by atoms with Gasteiger partial charge in [-0.05, 0) is 52.8 Å². The summed E-state index contributed by atoms with van der Waals surface area (Å²) in [6.45, 7) is 11.8. The van der Waals surface area contributed by atoms with E-state index in [9.17, 15) is 0 Å². The molecule has 46 heavy (non-hydrogen) atoms. The molecule has 3 heterocycles. The summed E-state index contributed by atoms with van der Waals surface area (Å²) in [7, 11) is -1.44. The Labute approximate surface area is 287 Å². The van der Waals surface area contributed by atoms with Crippen molar-refractivity contribution >= 4 is 35.1 Å². The van der Waals surface area contributed by atoms with E-state index in [-0.39, 0.29) is 20.1 Å². The second-order valence-corrected chi connectivity index (χ2v) is 17.9. The fourth-order valence-corrected chi connectivity index (χ4v) is 7.51. The second-order valence-electron chi connectivity index (χ2n) is 12.9. The molecule has 7 rings (SSSR count). The monoisotopic (exact) mass is 794 g/mol. The topological polar surface area (TPSA) is 30.7 Å². The number of hydrogen-bond donors (Lipinski definition) is 0. The van der Waals surface area contributed by atoms with Crippen molar-refractivity contribution in [2.45, 2.75) is 39.9 Å². The van der Waals surface area contributed by atoms with Gasteiger partial charge in [-0.3, -0.25) is 0 Å². The normalized spacial score (nSPS) is 11.3. The number of benzene rings is 4. The quantitative estimate of drug-likeness (QED) is 0.124. The maximum atomic E-state index is 4.87. The van der Waals surface area contributed by atoms with E-state index in [0.29, 0.717) is 5.92 Å². The number of hydrogen-bond acceptors (Lipinski definition) is 2. The number of fused-ring (bicyclic) bond motifs is 3. The van der Waals surface area contributed by atoms with Crippen LogP contribution in [-0.2, 0) is 26.5 Å². The smallest absolute Gasteiger partial charge is 0.0798 e. The third-order valence-electron chi connectivity index (χ3n) is 7.99. The zero-order chi connectivity index (χ0) is 31.4. The average Bonchev–Trinajstić information content (AvgIpc) is 3.40. The van der Waals surface area contributed by atoms with Crippen molar-refractivity contribution < 1.29 is 20.1 Å². The van der Waals surface area contributed by atoms with Crippen LogP contribution in [0.2, 0.25) is 19.6 Å². The molecular weight excluding hydrogens is 755 g/mol. The van der Waals surface area contributed by atoms with E-state index in [1.54, 1.807) is 6.20 Å². The summed E-state index contributed by atoms with van der Waals surface area (Å²) in [4.78, 5) is 9.09. The molecule has 0 atom stereocenters. The van der Waals surface area contributed by atoms with Gasteiger partial charge < -0.3 is 14.5 Å². The molecule has 0 bridgehead atoms. The van der Waals surface area contributed by atoms with Gasteiger partial charge in [-0.2, -0.15) is 0 Å². The standard InChI is InChI=1S/C30H31N2Si.C11H8N.Ir/c1-21(2)18-23-19-27(31-20-30(23)33(3,4)5)22-14-16-24(17-15-22)32-28-12-8-6-10-25(28)26-11-7-9-13-29(26)32;1-2-6-10(7-3-1)11-8-4-5-9-12-11;/h6-14,16-17,19-21H,18H2,1-5H3;1-6,8-9H;/q2*-1;. The Morgan fingerprint density at radius 2 is 1.35 bits per heavy atom. The van der Waals surface area contributed by atoms with Crippen LogP contribution in [0.25, 0.3) is 50.0 Å². The van der Waals surface area contributed by atoms with Crippen LogP contribution in [0.1, 0.15) is 19.4 Å². The largest absolute Gasteiger partial charge is 0.351 e. The zero-order valence-corrected chi connectivity index (χ0v) is 30.5. The SMILES string of the molecule is CC(C)Cc1cc(-c2[c-]cc(-n3c4ccccc4c4ccccc43)cc2)ncc1[Si](C)(C)C.[Ir].[c-]1ccccc1-c1ccccn1. The van der Waals surface area contributed by atoms with Gasteiger partial charge in [0.25, 0.3) is 0 Å². The Balaban J connectivity index is 0.000000269. The Hall–Kier alpha value is -4.15. The Morgan fingerprint density at radius 3 is 1.91 bits per heavy atom. The number of aromatic nitrogens is 3. The van der Waals surface area contributed by atoms with E-state index in [4.69, 9.17) is 4.98 Å². The maximum absolute atomic E-state index is 4.87. The van der Waals surface area contributed by atoms with Gasteiger partial charge in [-0.15, -0.1) is 65.7 Å². The minimum atomic E-state index is -1.44. The molecule has 0 saturated carbocycles. The number of para-hydroxylation sites is 2. The summed E-state index contributed by atoms with van der Waals surface area (Å²) in [5.74, 6) is 0.622. The van der Waals surface area contributed by atoms with Crippen molar-refractivity contribution in [3.63, 3.8) is 0 Å². The summed E-state index contributed by atoms with van der Waals surface area (Å²) in [6, 6.07) is 46.3. The van der Waals surface area contributed by atoms with Crippen LogP contribution in [0.15, 0.2) is 128 Å². The minimum Gasteiger partial charge on any atom is -0.351 e. The van der Waals surface area contributed by atoms with Crippen molar-refractivity contribution in [3.8, 4) is 28.2 Å². The molecule has 0 spiro atoms. The Bertz CT molecular complexity index is 1940. The van der Waals surface area contributed by atoms with Crippen molar-refractivity contribution in [2.75, 3.05) is 0 Å². The van der Waals surface area contributed by atoms with Crippen LogP contribution in [-0.4, -0.2) is 22.6 Å².